The molecule has 2 heteroatoms. The number of rotatable bonds is 2. The average Bonchev–Trinajstić information content (AvgIpc) is 2.03. The van der Waals surface area contributed by atoms with Gasteiger partial charge in [0.25, 0.3) is 0 Å². The van der Waals surface area contributed by atoms with Crippen LogP contribution in [0, 0.1) is 0 Å². The number of pyridine rings is 1. The Balaban J connectivity index is 2.59. The Hall–Kier alpha value is -1.31. The van der Waals surface area contributed by atoms with Crippen LogP contribution >= 0.6 is 0 Å². The molecule has 2 nitrogen and oxygen atoms in total. The molecule has 0 aliphatic rings. The van der Waals surface area contributed by atoms with Crippen molar-refractivity contribution in [2.75, 3.05) is 0 Å². The molecular formula is C8H10N2. The highest BCUT2D eigenvalue weighted by Crippen LogP contribution is 1.96. The highest BCUT2D eigenvalue weighted by molar-refractivity contribution is 5.11. The summed E-state index contributed by atoms with van der Waals surface area (Å²) in [6, 6.07) is 3.94. The Morgan fingerprint density at radius 1 is 1.60 bits per heavy atom. The fourth-order valence-corrected chi connectivity index (χ4v) is 0.723. The van der Waals surface area contributed by atoms with Crippen LogP contribution in [0.3, 0.4) is 0 Å². The van der Waals surface area contributed by atoms with E-state index in [-0.39, 0.29) is 0 Å². The van der Waals surface area contributed by atoms with Crippen molar-refractivity contribution in [2.45, 2.75) is 6.42 Å². The van der Waals surface area contributed by atoms with Gasteiger partial charge in [-0.1, -0.05) is 12.1 Å². The summed E-state index contributed by atoms with van der Waals surface area (Å²) in [4.78, 5) is 3.96. The van der Waals surface area contributed by atoms with Crippen molar-refractivity contribution < 1.29 is 0 Å². The molecule has 52 valence electrons. The van der Waals surface area contributed by atoms with Crippen LogP contribution in [-0.2, 0) is 6.42 Å². The minimum atomic E-state index is 0.865. The van der Waals surface area contributed by atoms with Crippen molar-refractivity contribution in [3.63, 3.8) is 0 Å². The maximum absolute atomic E-state index is 5.18. The first-order valence-corrected chi connectivity index (χ1v) is 3.19. The quantitative estimate of drug-likeness (QED) is 0.657. The zero-order valence-corrected chi connectivity index (χ0v) is 5.70. The highest BCUT2D eigenvalue weighted by Gasteiger charge is 1.84. The van der Waals surface area contributed by atoms with Crippen LogP contribution in [0.5, 0.6) is 0 Å². The summed E-state index contributed by atoms with van der Waals surface area (Å²) in [7, 11) is 0. The molecule has 0 bridgehead atoms. The van der Waals surface area contributed by atoms with Gasteiger partial charge in [0, 0.05) is 12.4 Å². The van der Waals surface area contributed by atoms with Crippen LogP contribution in [0.1, 0.15) is 5.56 Å². The molecule has 1 rings (SSSR count). The van der Waals surface area contributed by atoms with Crippen molar-refractivity contribution in [3.8, 4) is 0 Å². The number of allylic oxidation sites excluding steroid dienone is 1. The topological polar surface area (TPSA) is 38.9 Å². The van der Waals surface area contributed by atoms with E-state index in [0.29, 0.717) is 0 Å². The number of nitrogens with two attached hydrogens (primary N) is 1. The summed E-state index contributed by atoms with van der Waals surface area (Å²) < 4.78 is 0. The van der Waals surface area contributed by atoms with Crippen LogP contribution in [0.4, 0.5) is 0 Å². The van der Waals surface area contributed by atoms with Gasteiger partial charge in [-0.15, -0.1) is 0 Å². The van der Waals surface area contributed by atoms with Gasteiger partial charge in [-0.25, -0.2) is 0 Å². The van der Waals surface area contributed by atoms with Crippen LogP contribution in [-0.4, -0.2) is 4.98 Å². The average molecular weight is 134 g/mol. The van der Waals surface area contributed by atoms with Crippen molar-refractivity contribution >= 4 is 0 Å². The van der Waals surface area contributed by atoms with E-state index in [1.807, 2.05) is 24.4 Å². The lowest BCUT2D eigenvalue weighted by Crippen LogP contribution is -1.83. The standard InChI is InChI=1S/C8H10N2/c9-5-1-3-8-4-2-6-10-7-8/h1-2,4-7H,3,9H2. The lowest BCUT2D eigenvalue weighted by molar-refractivity contribution is 1.18. The van der Waals surface area contributed by atoms with Gasteiger partial charge in [-0.05, 0) is 24.3 Å². The molecule has 0 atom stereocenters. The minimum absolute atomic E-state index is 0.865. The van der Waals surface area contributed by atoms with Crippen molar-refractivity contribution in [1.29, 1.82) is 0 Å². The maximum Gasteiger partial charge on any atom is 0.0303 e. The molecule has 0 saturated heterocycles. The molecule has 0 saturated carbocycles. The predicted octanol–water partition coefficient (Wildman–Crippen LogP) is 1.10. The van der Waals surface area contributed by atoms with Crippen LogP contribution < -0.4 is 5.73 Å². The summed E-state index contributed by atoms with van der Waals surface area (Å²) in [5, 5.41) is 0. The summed E-state index contributed by atoms with van der Waals surface area (Å²) >= 11 is 0. The Kier molecular flexibility index (Phi) is 2.49. The first kappa shape index (κ1) is 6.81. The van der Waals surface area contributed by atoms with Gasteiger partial charge in [0.05, 0.1) is 0 Å². The molecule has 1 aromatic heterocycles. The van der Waals surface area contributed by atoms with Crippen molar-refractivity contribution in [1.82, 2.24) is 4.98 Å². The number of hydrogen-bond acceptors (Lipinski definition) is 2. The number of aromatic nitrogens is 1. The van der Waals surface area contributed by atoms with E-state index in [9.17, 15) is 0 Å². The lowest BCUT2D eigenvalue weighted by atomic mass is 10.2. The second-order valence-electron chi connectivity index (χ2n) is 1.99. The molecule has 0 aliphatic heterocycles. The van der Waals surface area contributed by atoms with Crippen LogP contribution in [0.2, 0.25) is 0 Å². The number of hydrogen-bond donors (Lipinski definition) is 1. The van der Waals surface area contributed by atoms with E-state index < -0.39 is 0 Å². The SMILES string of the molecule is NC=CCc1cccnc1. The monoisotopic (exact) mass is 134 g/mol. The largest absolute Gasteiger partial charge is 0.405 e. The summed E-state index contributed by atoms with van der Waals surface area (Å²) in [6.07, 6.45) is 7.91. The van der Waals surface area contributed by atoms with Crippen LogP contribution in [0.25, 0.3) is 0 Å². The first-order chi connectivity index (χ1) is 4.93. The molecule has 0 unspecified atom stereocenters. The molecule has 0 amide bonds. The Morgan fingerprint density at radius 2 is 2.50 bits per heavy atom. The third-order valence-corrected chi connectivity index (χ3v) is 1.21. The summed E-state index contributed by atoms with van der Waals surface area (Å²) in [5.74, 6) is 0. The van der Waals surface area contributed by atoms with Crippen LogP contribution in [0.15, 0.2) is 36.8 Å². The zero-order valence-electron chi connectivity index (χ0n) is 5.70. The van der Waals surface area contributed by atoms with Crippen molar-refractivity contribution in [3.05, 3.63) is 42.4 Å². The Labute approximate surface area is 60.4 Å². The Morgan fingerprint density at radius 3 is 3.10 bits per heavy atom. The zero-order chi connectivity index (χ0) is 7.23. The molecule has 10 heavy (non-hydrogen) atoms. The lowest BCUT2D eigenvalue weighted by Gasteiger charge is -1.91. The summed E-state index contributed by atoms with van der Waals surface area (Å²) in [5.41, 5.74) is 6.36. The third kappa shape index (κ3) is 1.90. The maximum atomic E-state index is 5.18. The van der Waals surface area contributed by atoms with E-state index in [1.54, 1.807) is 12.4 Å². The molecule has 0 aromatic carbocycles. The minimum Gasteiger partial charge on any atom is -0.405 e. The molecule has 0 fully saturated rings. The molecule has 1 aromatic rings. The first-order valence-electron chi connectivity index (χ1n) is 3.19. The summed E-state index contributed by atoms with van der Waals surface area (Å²) in [6.45, 7) is 0. The van der Waals surface area contributed by atoms with Gasteiger partial charge in [-0.2, -0.15) is 0 Å². The second-order valence-corrected chi connectivity index (χ2v) is 1.99. The molecule has 0 aliphatic carbocycles. The highest BCUT2D eigenvalue weighted by atomic mass is 14.6. The van der Waals surface area contributed by atoms with E-state index in [4.69, 9.17) is 5.73 Å². The van der Waals surface area contributed by atoms with E-state index in [2.05, 4.69) is 4.98 Å². The van der Waals surface area contributed by atoms with Gasteiger partial charge >= 0.3 is 0 Å². The van der Waals surface area contributed by atoms with E-state index in [1.165, 1.54) is 5.56 Å². The third-order valence-electron chi connectivity index (χ3n) is 1.21. The van der Waals surface area contributed by atoms with Gasteiger partial charge < -0.3 is 5.73 Å². The molecule has 1 heterocycles. The van der Waals surface area contributed by atoms with Gasteiger partial charge in [0.15, 0.2) is 0 Å². The second kappa shape index (κ2) is 3.67. The fourth-order valence-electron chi connectivity index (χ4n) is 0.723. The van der Waals surface area contributed by atoms with Gasteiger partial charge in [-0.3, -0.25) is 4.98 Å². The molecular weight excluding hydrogens is 124 g/mol. The Bertz CT molecular complexity index is 204. The van der Waals surface area contributed by atoms with Gasteiger partial charge in [0.2, 0.25) is 0 Å². The van der Waals surface area contributed by atoms with E-state index in [0.717, 1.165) is 6.42 Å². The predicted molar refractivity (Wildman–Crippen MR) is 41.3 cm³/mol. The van der Waals surface area contributed by atoms with Gasteiger partial charge in [0.1, 0.15) is 0 Å². The normalized spacial score (nSPS) is 10.4. The molecule has 0 spiro atoms. The smallest absolute Gasteiger partial charge is 0.0303 e. The molecule has 0 radical (unpaired) electrons. The van der Waals surface area contributed by atoms with Crippen molar-refractivity contribution in [2.24, 2.45) is 5.73 Å². The van der Waals surface area contributed by atoms with E-state index >= 15 is 0 Å². The number of nitrogens with zero attached hydrogens (tertiary/aromatic N) is 1. The fraction of sp³-hybridized carbons (Fsp3) is 0.125. The molecule has 2 N–H and O–H groups in total.